The zero-order chi connectivity index (χ0) is 11.1. The van der Waals surface area contributed by atoms with Gasteiger partial charge < -0.3 is 15.4 Å². The highest BCUT2D eigenvalue weighted by Crippen LogP contribution is 2.12. The summed E-state index contributed by atoms with van der Waals surface area (Å²) in [5, 5.41) is 6.30. The van der Waals surface area contributed by atoms with Crippen LogP contribution in [0.15, 0.2) is 0 Å². The lowest BCUT2D eigenvalue weighted by molar-refractivity contribution is -0.123. The van der Waals surface area contributed by atoms with Gasteiger partial charge in [0.15, 0.2) is 0 Å². The monoisotopic (exact) mass is 214 g/mol. The molecule has 0 aromatic rings. The van der Waals surface area contributed by atoms with Gasteiger partial charge in [0.05, 0.1) is 12.1 Å². The van der Waals surface area contributed by atoms with Gasteiger partial charge in [0.1, 0.15) is 0 Å². The summed E-state index contributed by atoms with van der Waals surface area (Å²) in [4.78, 5) is 11.5. The van der Waals surface area contributed by atoms with Crippen molar-refractivity contribution < 1.29 is 9.53 Å². The van der Waals surface area contributed by atoms with E-state index in [1.54, 1.807) is 0 Å². The van der Waals surface area contributed by atoms with Crippen molar-refractivity contribution in [2.45, 2.75) is 38.6 Å². The molecule has 0 radical (unpaired) electrons. The van der Waals surface area contributed by atoms with Crippen molar-refractivity contribution in [3.63, 3.8) is 0 Å². The predicted molar refractivity (Wildman–Crippen MR) is 59.8 cm³/mol. The molecule has 1 atom stereocenters. The van der Waals surface area contributed by atoms with Gasteiger partial charge in [-0.3, -0.25) is 4.79 Å². The van der Waals surface area contributed by atoms with Crippen molar-refractivity contribution in [2.75, 3.05) is 26.3 Å². The van der Waals surface area contributed by atoms with Crippen molar-refractivity contribution in [1.82, 2.24) is 10.6 Å². The summed E-state index contributed by atoms with van der Waals surface area (Å²) in [6.07, 6.45) is 2.48. The molecule has 2 N–H and O–H groups in total. The number of rotatable bonds is 6. The number of ether oxygens (including phenoxy) is 1. The first-order valence-corrected chi connectivity index (χ1v) is 5.76. The van der Waals surface area contributed by atoms with E-state index in [-0.39, 0.29) is 11.4 Å². The molecule has 15 heavy (non-hydrogen) atoms. The van der Waals surface area contributed by atoms with Crippen molar-refractivity contribution >= 4 is 5.91 Å². The number of carbonyl (C=O) groups is 1. The van der Waals surface area contributed by atoms with Crippen LogP contribution in [-0.4, -0.2) is 37.7 Å². The maximum Gasteiger partial charge on any atom is 0.222 e. The number of hydrogen-bond acceptors (Lipinski definition) is 3. The van der Waals surface area contributed by atoms with Crippen LogP contribution in [0.4, 0.5) is 0 Å². The summed E-state index contributed by atoms with van der Waals surface area (Å²) in [7, 11) is 0. The standard InChI is InChI=1S/C11H22N2O2/c1-3-7-15-8-4-10(14)13-11(2)5-6-12-9-11/h12H,3-9H2,1-2H3,(H,13,14). The smallest absolute Gasteiger partial charge is 0.222 e. The van der Waals surface area contributed by atoms with Crippen molar-refractivity contribution in [1.29, 1.82) is 0 Å². The van der Waals surface area contributed by atoms with Gasteiger partial charge in [-0.05, 0) is 26.3 Å². The van der Waals surface area contributed by atoms with Crippen LogP contribution < -0.4 is 10.6 Å². The highest BCUT2D eigenvalue weighted by atomic mass is 16.5. The molecular formula is C11H22N2O2. The largest absolute Gasteiger partial charge is 0.381 e. The Labute approximate surface area is 91.8 Å². The van der Waals surface area contributed by atoms with Gasteiger partial charge in [0, 0.05) is 19.6 Å². The molecule has 0 aromatic carbocycles. The summed E-state index contributed by atoms with van der Waals surface area (Å²) in [6.45, 7) is 7.27. The number of nitrogens with one attached hydrogen (secondary N) is 2. The molecule has 1 aliphatic rings. The van der Waals surface area contributed by atoms with E-state index in [9.17, 15) is 4.79 Å². The first-order chi connectivity index (χ1) is 7.16. The Kier molecular flexibility index (Phi) is 5.05. The van der Waals surface area contributed by atoms with E-state index < -0.39 is 0 Å². The van der Waals surface area contributed by atoms with Crippen molar-refractivity contribution in [3.05, 3.63) is 0 Å². The lowest BCUT2D eigenvalue weighted by atomic mass is 10.0. The lowest BCUT2D eigenvalue weighted by Gasteiger charge is -2.24. The molecule has 1 aliphatic heterocycles. The van der Waals surface area contributed by atoms with E-state index in [0.717, 1.165) is 32.5 Å². The molecule has 0 saturated carbocycles. The Bertz CT molecular complexity index is 201. The second-order valence-electron chi connectivity index (χ2n) is 4.40. The van der Waals surface area contributed by atoms with Crippen molar-refractivity contribution in [2.24, 2.45) is 0 Å². The van der Waals surface area contributed by atoms with Gasteiger partial charge in [0.2, 0.25) is 5.91 Å². The summed E-state index contributed by atoms with van der Waals surface area (Å²) in [5.41, 5.74) is -0.0537. The van der Waals surface area contributed by atoms with Crippen LogP contribution in [0.2, 0.25) is 0 Å². The van der Waals surface area contributed by atoms with Gasteiger partial charge in [-0.15, -0.1) is 0 Å². The molecule has 1 saturated heterocycles. The highest BCUT2D eigenvalue weighted by molar-refractivity contribution is 5.76. The van der Waals surface area contributed by atoms with E-state index in [0.29, 0.717) is 13.0 Å². The minimum atomic E-state index is -0.0537. The summed E-state index contributed by atoms with van der Waals surface area (Å²) in [5.74, 6) is 0.0947. The molecule has 1 rings (SSSR count). The van der Waals surface area contributed by atoms with Gasteiger partial charge in [-0.1, -0.05) is 6.92 Å². The van der Waals surface area contributed by atoms with Gasteiger partial charge in [-0.2, -0.15) is 0 Å². The van der Waals surface area contributed by atoms with Crippen LogP contribution in [0.1, 0.15) is 33.1 Å². The summed E-state index contributed by atoms with van der Waals surface area (Å²) in [6, 6.07) is 0. The fourth-order valence-electron chi connectivity index (χ4n) is 1.73. The maximum atomic E-state index is 11.5. The third-order valence-corrected chi connectivity index (χ3v) is 2.63. The molecule has 0 aromatic heterocycles. The van der Waals surface area contributed by atoms with Crippen LogP contribution in [-0.2, 0) is 9.53 Å². The molecule has 1 fully saturated rings. The van der Waals surface area contributed by atoms with E-state index in [1.165, 1.54) is 0 Å². The third-order valence-electron chi connectivity index (χ3n) is 2.63. The SMILES string of the molecule is CCCOCCC(=O)NC1(C)CCNC1. The van der Waals surface area contributed by atoms with E-state index in [2.05, 4.69) is 24.5 Å². The topological polar surface area (TPSA) is 50.4 Å². The third kappa shape index (κ3) is 4.62. The number of amides is 1. The second-order valence-corrected chi connectivity index (χ2v) is 4.40. The number of carbonyl (C=O) groups excluding carboxylic acids is 1. The van der Waals surface area contributed by atoms with Crippen LogP contribution in [0.5, 0.6) is 0 Å². The average molecular weight is 214 g/mol. The second kappa shape index (κ2) is 6.08. The molecule has 0 aliphatic carbocycles. The van der Waals surface area contributed by atoms with Crippen LogP contribution >= 0.6 is 0 Å². The van der Waals surface area contributed by atoms with E-state index in [4.69, 9.17) is 4.74 Å². The predicted octanol–water partition coefficient (Wildman–Crippen LogP) is 0.671. The molecule has 4 heteroatoms. The summed E-state index contributed by atoms with van der Waals surface area (Å²) < 4.78 is 5.27. The zero-order valence-corrected chi connectivity index (χ0v) is 9.77. The Morgan fingerprint density at radius 1 is 1.53 bits per heavy atom. The molecule has 1 amide bonds. The average Bonchev–Trinajstić information content (AvgIpc) is 2.59. The zero-order valence-electron chi connectivity index (χ0n) is 9.77. The quantitative estimate of drug-likeness (QED) is 0.639. The fraction of sp³-hybridized carbons (Fsp3) is 0.909. The Morgan fingerprint density at radius 2 is 2.33 bits per heavy atom. The van der Waals surface area contributed by atoms with E-state index >= 15 is 0 Å². The maximum absolute atomic E-state index is 11.5. The lowest BCUT2D eigenvalue weighted by Crippen LogP contribution is -2.47. The minimum Gasteiger partial charge on any atom is -0.381 e. The van der Waals surface area contributed by atoms with Crippen LogP contribution in [0.3, 0.4) is 0 Å². The molecule has 1 heterocycles. The van der Waals surface area contributed by atoms with Crippen LogP contribution in [0.25, 0.3) is 0 Å². The summed E-state index contributed by atoms with van der Waals surface area (Å²) >= 11 is 0. The Hall–Kier alpha value is -0.610. The van der Waals surface area contributed by atoms with Gasteiger partial charge >= 0.3 is 0 Å². The highest BCUT2D eigenvalue weighted by Gasteiger charge is 2.29. The van der Waals surface area contributed by atoms with Gasteiger partial charge in [0.25, 0.3) is 0 Å². The molecule has 0 bridgehead atoms. The first-order valence-electron chi connectivity index (χ1n) is 5.76. The molecular weight excluding hydrogens is 192 g/mol. The normalized spacial score (nSPS) is 25.5. The van der Waals surface area contributed by atoms with Crippen LogP contribution in [0, 0.1) is 0 Å². The van der Waals surface area contributed by atoms with E-state index in [1.807, 2.05) is 0 Å². The molecule has 4 nitrogen and oxygen atoms in total. The Morgan fingerprint density at radius 3 is 2.93 bits per heavy atom. The first kappa shape index (κ1) is 12.5. The van der Waals surface area contributed by atoms with Crippen molar-refractivity contribution in [3.8, 4) is 0 Å². The fourth-order valence-corrected chi connectivity index (χ4v) is 1.73. The van der Waals surface area contributed by atoms with Gasteiger partial charge in [-0.25, -0.2) is 0 Å². The molecule has 0 spiro atoms. The number of hydrogen-bond donors (Lipinski definition) is 2. The molecule has 1 unspecified atom stereocenters. The minimum absolute atomic E-state index is 0.0537. The Balaban J connectivity index is 2.12. The molecule has 88 valence electrons.